The number of aromatic nitrogens is 1. The van der Waals surface area contributed by atoms with Crippen LogP contribution in [0.15, 0.2) is 24.9 Å². The zero-order chi connectivity index (χ0) is 9.84. The lowest BCUT2D eigenvalue weighted by Gasteiger charge is -2.04. The van der Waals surface area contributed by atoms with Crippen LogP contribution in [-0.2, 0) is 0 Å². The number of rotatable bonds is 3. The molecule has 0 saturated heterocycles. The molecule has 1 atom stereocenters. The van der Waals surface area contributed by atoms with E-state index in [1.165, 1.54) is 0 Å². The molecule has 1 rings (SSSR count). The molecule has 0 spiro atoms. The smallest absolute Gasteiger partial charge is 0.187 e. The van der Waals surface area contributed by atoms with Crippen LogP contribution in [0.1, 0.15) is 22.4 Å². The molecule has 0 bridgehead atoms. The van der Waals surface area contributed by atoms with E-state index < -0.39 is 24.9 Å². The minimum atomic E-state index is -0.960. The maximum Gasteiger partial charge on any atom is 0.187 e. The SMILES string of the molecule is C=IC(F)c1cc(C(=C)C)ccn1. The summed E-state index contributed by atoms with van der Waals surface area (Å²) in [6, 6.07) is 3.58. The Kier molecular flexibility index (Phi) is 3.71. The normalized spacial score (nSPS) is 12.5. The fourth-order valence-corrected chi connectivity index (χ4v) is 1.70. The number of hydrogen-bond donors (Lipinski definition) is 0. The molecule has 3 heteroatoms. The van der Waals surface area contributed by atoms with Crippen LogP contribution in [0, 0.1) is 0 Å². The minimum absolute atomic E-state index is 0.489. The van der Waals surface area contributed by atoms with Gasteiger partial charge in [0.1, 0.15) is 0 Å². The Morgan fingerprint density at radius 3 is 2.92 bits per heavy atom. The molecule has 0 aliphatic carbocycles. The first-order chi connectivity index (χ1) is 6.15. The molecule has 0 aromatic carbocycles. The Morgan fingerprint density at radius 1 is 1.69 bits per heavy atom. The van der Waals surface area contributed by atoms with Crippen LogP contribution in [-0.4, -0.2) is 9.50 Å². The van der Waals surface area contributed by atoms with E-state index in [9.17, 15) is 4.39 Å². The lowest BCUT2D eigenvalue weighted by molar-refractivity contribution is 0.481. The van der Waals surface area contributed by atoms with Crippen molar-refractivity contribution in [1.82, 2.24) is 4.98 Å². The molecule has 0 fully saturated rings. The van der Waals surface area contributed by atoms with Crippen molar-refractivity contribution >= 4 is 30.8 Å². The fraction of sp³-hybridized carbons (Fsp3) is 0.200. The quantitative estimate of drug-likeness (QED) is 0.613. The molecule has 1 aromatic heterocycles. The molecule has 1 heterocycles. The summed E-state index contributed by atoms with van der Waals surface area (Å²) in [5.41, 5.74) is 2.37. The van der Waals surface area contributed by atoms with Gasteiger partial charge in [-0.05, 0) is 24.6 Å². The monoisotopic (exact) mass is 291 g/mol. The number of nitrogens with zero attached hydrogens (tertiary/aromatic N) is 1. The van der Waals surface area contributed by atoms with Crippen molar-refractivity contribution in [3.63, 3.8) is 0 Å². The Labute approximate surface area is 87.4 Å². The van der Waals surface area contributed by atoms with Gasteiger partial charge in [0.25, 0.3) is 0 Å². The summed E-state index contributed by atoms with van der Waals surface area (Å²) in [5, 5.41) is 0. The minimum Gasteiger partial charge on any atom is -0.257 e. The summed E-state index contributed by atoms with van der Waals surface area (Å²) in [6.07, 6.45) is 1.62. The summed E-state index contributed by atoms with van der Waals surface area (Å²) >= 11 is -0.675. The second kappa shape index (κ2) is 4.60. The van der Waals surface area contributed by atoms with E-state index in [0.29, 0.717) is 5.69 Å². The first kappa shape index (κ1) is 10.5. The van der Waals surface area contributed by atoms with Crippen LogP contribution in [0.2, 0.25) is 0 Å². The first-order valence-electron chi connectivity index (χ1n) is 3.78. The third kappa shape index (κ3) is 2.69. The van der Waals surface area contributed by atoms with Gasteiger partial charge in [0.05, 0.1) is 5.69 Å². The van der Waals surface area contributed by atoms with Crippen LogP contribution in [0.5, 0.6) is 0 Å². The van der Waals surface area contributed by atoms with E-state index in [4.69, 9.17) is 0 Å². The Bertz CT molecular complexity index is 335. The van der Waals surface area contributed by atoms with Crippen molar-refractivity contribution < 1.29 is 4.39 Å². The van der Waals surface area contributed by atoms with Gasteiger partial charge in [-0.2, -0.15) is 0 Å². The van der Waals surface area contributed by atoms with Crippen LogP contribution < -0.4 is 0 Å². The van der Waals surface area contributed by atoms with Gasteiger partial charge in [0.15, 0.2) is 4.18 Å². The molecule has 0 aliphatic rings. The van der Waals surface area contributed by atoms with E-state index in [2.05, 4.69) is 16.1 Å². The van der Waals surface area contributed by atoms with E-state index >= 15 is 0 Å². The average molecular weight is 291 g/mol. The van der Waals surface area contributed by atoms with Gasteiger partial charge in [0.2, 0.25) is 0 Å². The van der Waals surface area contributed by atoms with E-state index in [1.807, 2.05) is 13.0 Å². The van der Waals surface area contributed by atoms with Gasteiger partial charge in [-0.3, -0.25) is 4.98 Å². The predicted octanol–water partition coefficient (Wildman–Crippen LogP) is 3.49. The topological polar surface area (TPSA) is 12.9 Å². The van der Waals surface area contributed by atoms with Gasteiger partial charge in [-0.1, -0.05) is 37.4 Å². The van der Waals surface area contributed by atoms with E-state index in [1.54, 1.807) is 12.3 Å². The number of pyridine rings is 1. The van der Waals surface area contributed by atoms with Crippen molar-refractivity contribution in [2.45, 2.75) is 11.1 Å². The molecular weight excluding hydrogens is 280 g/mol. The summed E-state index contributed by atoms with van der Waals surface area (Å²) in [6.45, 7) is 5.69. The Balaban J connectivity index is 3.04. The molecule has 1 nitrogen and oxygen atoms in total. The Hall–Kier alpha value is -0.580. The standard InChI is InChI=1S/C10H11FIN/c1-7(2)8-4-5-13-9(6-8)10(11)12-3/h4-6,10H,1,3H2,2H3. The van der Waals surface area contributed by atoms with Gasteiger partial charge >= 0.3 is 0 Å². The Morgan fingerprint density at radius 2 is 2.38 bits per heavy atom. The third-order valence-corrected chi connectivity index (χ3v) is 3.04. The molecule has 0 aliphatic heterocycles. The molecule has 1 aromatic rings. The summed E-state index contributed by atoms with van der Waals surface area (Å²) in [7, 11) is 0. The van der Waals surface area contributed by atoms with Gasteiger partial charge < -0.3 is 0 Å². The number of halogens is 2. The molecule has 0 amide bonds. The highest BCUT2D eigenvalue weighted by Crippen LogP contribution is 2.27. The fourth-order valence-electron chi connectivity index (χ4n) is 0.912. The maximum atomic E-state index is 13.2. The molecule has 0 N–H and O–H groups in total. The molecule has 13 heavy (non-hydrogen) atoms. The lowest BCUT2D eigenvalue weighted by atomic mass is 10.1. The van der Waals surface area contributed by atoms with Crippen LogP contribution in [0.3, 0.4) is 0 Å². The van der Waals surface area contributed by atoms with Gasteiger partial charge in [-0.25, -0.2) is 4.39 Å². The third-order valence-electron chi connectivity index (χ3n) is 1.63. The van der Waals surface area contributed by atoms with Crippen molar-refractivity contribution in [3.8, 4) is 0 Å². The summed E-state index contributed by atoms with van der Waals surface area (Å²) in [5.74, 6) is 0. The summed E-state index contributed by atoms with van der Waals surface area (Å²) < 4.78 is 15.9. The largest absolute Gasteiger partial charge is 0.257 e. The van der Waals surface area contributed by atoms with Crippen LogP contribution in [0.25, 0.3) is 5.57 Å². The predicted molar refractivity (Wildman–Crippen MR) is 63.9 cm³/mol. The van der Waals surface area contributed by atoms with Gasteiger partial charge in [-0.15, -0.1) is 0 Å². The van der Waals surface area contributed by atoms with Crippen molar-refractivity contribution in [2.75, 3.05) is 0 Å². The molecule has 1 unspecified atom stereocenters. The highest BCUT2D eigenvalue weighted by atomic mass is 127. The lowest BCUT2D eigenvalue weighted by Crippen LogP contribution is -1.90. The van der Waals surface area contributed by atoms with Crippen LogP contribution in [0.4, 0.5) is 4.39 Å². The van der Waals surface area contributed by atoms with Crippen molar-refractivity contribution in [3.05, 3.63) is 36.2 Å². The molecule has 0 saturated carbocycles. The average Bonchev–Trinajstić information content (AvgIpc) is 2.17. The van der Waals surface area contributed by atoms with Crippen molar-refractivity contribution in [2.24, 2.45) is 0 Å². The molecular formula is C10H11FIN. The second-order valence-electron chi connectivity index (χ2n) is 2.70. The maximum absolute atomic E-state index is 13.2. The van der Waals surface area contributed by atoms with E-state index in [-0.39, 0.29) is 0 Å². The zero-order valence-corrected chi connectivity index (χ0v) is 9.58. The molecule has 70 valence electrons. The first-order valence-corrected chi connectivity index (χ1v) is 6.55. The highest BCUT2D eigenvalue weighted by Gasteiger charge is 2.07. The van der Waals surface area contributed by atoms with Gasteiger partial charge in [0, 0.05) is 6.20 Å². The highest BCUT2D eigenvalue weighted by molar-refractivity contribution is 14.2. The second-order valence-corrected chi connectivity index (χ2v) is 4.68. The number of hydrogen-bond acceptors (Lipinski definition) is 1. The van der Waals surface area contributed by atoms with Crippen molar-refractivity contribution in [1.29, 1.82) is 0 Å². The summed E-state index contributed by atoms with van der Waals surface area (Å²) in [4.78, 5) is 3.96. The number of alkyl halides is 2. The van der Waals surface area contributed by atoms with Crippen LogP contribution >= 0.6 is 20.7 Å². The zero-order valence-electron chi connectivity index (χ0n) is 7.43. The van der Waals surface area contributed by atoms with E-state index in [0.717, 1.165) is 11.1 Å². The molecule has 0 radical (unpaired) electrons. The number of allylic oxidation sites excluding steroid dienone is 1.